The van der Waals surface area contributed by atoms with Gasteiger partial charge in [-0.1, -0.05) is 0 Å². The maximum atomic E-state index is 12.1. The Kier molecular flexibility index (Phi) is 5.30. The van der Waals surface area contributed by atoms with E-state index in [-0.39, 0.29) is 11.6 Å². The Morgan fingerprint density at radius 3 is 2.76 bits per heavy atom. The van der Waals surface area contributed by atoms with Crippen molar-refractivity contribution < 1.29 is 9.72 Å². The Labute approximate surface area is 131 Å². The molecule has 0 bridgehead atoms. The number of carbonyl (C=O) groups is 1. The monoisotopic (exact) mass is 355 g/mol. The van der Waals surface area contributed by atoms with Gasteiger partial charge in [-0.3, -0.25) is 14.9 Å². The molecule has 1 heterocycles. The molecule has 6 nitrogen and oxygen atoms in total. The number of likely N-dealkylation sites (tertiary alicyclic amines) is 1. The Balaban J connectivity index is 1.94. The zero-order chi connectivity index (χ0) is 15.4. The molecule has 0 spiro atoms. The standard InChI is InChI=1S/C14H18BrN3O3/c1-17-6-4-10(5-7-17)9-16-14(19)11-2-3-12(15)13(8-11)18(20)21/h2-3,8,10H,4-7,9H2,1H3,(H,16,19). The van der Waals surface area contributed by atoms with Gasteiger partial charge in [-0.05, 0) is 67.0 Å². The van der Waals surface area contributed by atoms with Gasteiger partial charge in [-0.2, -0.15) is 0 Å². The Morgan fingerprint density at radius 2 is 2.14 bits per heavy atom. The van der Waals surface area contributed by atoms with Gasteiger partial charge in [0.05, 0.1) is 9.40 Å². The van der Waals surface area contributed by atoms with Crippen LogP contribution in [0, 0.1) is 16.0 Å². The number of rotatable bonds is 4. The lowest BCUT2D eigenvalue weighted by Crippen LogP contribution is -2.36. The number of hydrogen-bond donors (Lipinski definition) is 1. The number of nitro groups is 1. The van der Waals surface area contributed by atoms with E-state index < -0.39 is 4.92 Å². The average molecular weight is 356 g/mol. The summed E-state index contributed by atoms with van der Waals surface area (Å²) in [5.74, 6) is 0.222. The van der Waals surface area contributed by atoms with Crippen LogP contribution >= 0.6 is 15.9 Å². The van der Waals surface area contributed by atoms with Crippen LogP contribution in [0.5, 0.6) is 0 Å². The summed E-state index contributed by atoms with van der Waals surface area (Å²) in [4.78, 5) is 24.7. The van der Waals surface area contributed by atoms with Crippen molar-refractivity contribution in [2.24, 2.45) is 5.92 Å². The van der Waals surface area contributed by atoms with Crippen LogP contribution in [-0.4, -0.2) is 42.4 Å². The van der Waals surface area contributed by atoms with Gasteiger partial charge in [-0.25, -0.2) is 0 Å². The van der Waals surface area contributed by atoms with E-state index >= 15 is 0 Å². The van der Waals surface area contributed by atoms with E-state index in [2.05, 4.69) is 33.2 Å². The van der Waals surface area contributed by atoms with E-state index in [1.54, 1.807) is 6.07 Å². The molecule has 1 amide bonds. The molecule has 2 rings (SSSR count). The predicted octanol–water partition coefficient (Wildman–Crippen LogP) is 2.43. The van der Waals surface area contributed by atoms with Gasteiger partial charge in [0.1, 0.15) is 0 Å². The summed E-state index contributed by atoms with van der Waals surface area (Å²) in [6.45, 7) is 2.71. The summed E-state index contributed by atoms with van der Waals surface area (Å²) in [7, 11) is 2.09. The molecule has 7 heteroatoms. The normalized spacial score (nSPS) is 16.7. The zero-order valence-electron chi connectivity index (χ0n) is 11.8. The fourth-order valence-corrected chi connectivity index (χ4v) is 2.79. The van der Waals surface area contributed by atoms with Crippen LogP contribution in [0.3, 0.4) is 0 Å². The molecule has 1 aromatic rings. The van der Waals surface area contributed by atoms with Gasteiger partial charge in [0.15, 0.2) is 0 Å². The van der Waals surface area contributed by atoms with Crippen molar-refractivity contribution >= 4 is 27.5 Å². The van der Waals surface area contributed by atoms with Crippen LogP contribution in [0.25, 0.3) is 0 Å². The van der Waals surface area contributed by atoms with Crippen molar-refractivity contribution in [3.8, 4) is 0 Å². The number of benzene rings is 1. The summed E-state index contributed by atoms with van der Waals surface area (Å²) in [6.07, 6.45) is 2.13. The number of halogens is 1. The van der Waals surface area contributed by atoms with Gasteiger partial charge < -0.3 is 10.2 Å². The number of carbonyl (C=O) groups excluding carboxylic acids is 1. The number of hydrogen-bond acceptors (Lipinski definition) is 4. The minimum absolute atomic E-state index is 0.0954. The molecule has 114 valence electrons. The first-order valence-electron chi connectivity index (χ1n) is 6.88. The smallest absolute Gasteiger partial charge is 0.284 e. The van der Waals surface area contributed by atoms with Crippen molar-refractivity contribution in [3.05, 3.63) is 38.3 Å². The summed E-state index contributed by atoms with van der Waals surface area (Å²) in [5, 5.41) is 13.7. The Morgan fingerprint density at radius 1 is 1.48 bits per heavy atom. The third-order valence-electron chi connectivity index (χ3n) is 3.79. The molecular formula is C14H18BrN3O3. The molecule has 1 aromatic carbocycles. The van der Waals surface area contributed by atoms with Crippen molar-refractivity contribution in [1.29, 1.82) is 0 Å². The molecule has 1 fully saturated rings. The minimum Gasteiger partial charge on any atom is -0.352 e. The van der Waals surface area contributed by atoms with Gasteiger partial charge in [-0.15, -0.1) is 0 Å². The van der Waals surface area contributed by atoms with E-state index in [9.17, 15) is 14.9 Å². The highest BCUT2D eigenvalue weighted by Gasteiger charge is 2.19. The predicted molar refractivity (Wildman–Crippen MR) is 83.4 cm³/mol. The molecule has 1 aliphatic rings. The summed E-state index contributed by atoms with van der Waals surface area (Å²) in [5.41, 5.74) is 0.222. The number of amides is 1. The van der Waals surface area contributed by atoms with E-state index in [1.807, 2.05) is 0 Å². The molecule has 1 aliphatic heterocycles. The summed E-state index contributed by atoms with van der Waals surface area (Å²) < 4.78 is 0.374. The highest BCUT2D eigenvalue weighted by molar-refractivity contribution is 9.10. The second kappa shape index (κ2) is 7.00. The molecule has 0 aromatic heterocycles. The van der Waals surface area contributed by atoms with Gasteiger partial charge in [0, 0.05) is 18.2 Å². The van der Waals surface area contributed by atoms with Crippen molar-refractivity contribution in [2.75, 3.05) is 26.7 Å². The SMILES string of the molecule is CN1CCC(CNC(=O)c2ccc(Br)c([N+](=O)[O-])c2)CC1. The lowest BCUT2D eigenvalue weighted by Gasteiger charge is -2.28. The number of nitro benzene ring substituents is 1. The Bertz CT molecular complexity index is 542. The lowest BCUT2D eigenvalue weighted by molar-refractivity contribution is -0.385. The third-order valence-corrected chi connectivity index (χ3v) is 4.47. The van der Waals surface area contributed by atoms with Gasteiger partial charge in [0.2, 0.25) is 0 Å². The molecule has 0 saturated carbocycles. The first-order valence-corrected chi connectivity index (χ1v) is 7.67. The topological polar surface area (TPSA) is 75.5 Å². The summed E-state index contributed by atoms with van der Waals surface area (Å²) in [6, 6.07) is 4.41. The van der Waals surface area contributed by atoms with Crippen LogP contribution < -0.4 is 5.32 Å². The quantitative estimate of drug-likeness (QED) is 0.664. The Hall–Kier alpha value is -1.47. The fourth-order valence-electron chi connectivity index (χ4n) is 2.40. The maximum absolute atomic E-state index is 12.1. The molecule has 21 heavy (non-hydrogen) atoms. The summed E-state index contributed by atoms with van der Waals surface area (Å²) >= 11 is 3.11. The van der Waals surface area contributed by atoms with E-state index in [0.717, 1.165) is 25.9 Å². The molecule has 1 saturated heterocycles. The minimum atomic E-state index is -0.502. The van der Waals surface area contributed by atoms with Crippen molar-refractivity contribution in [2.45, 2.75) is 12.8 Å². The number of nitrogens with one attached hydrogen (secondary N) is 1. The van der Waals surface area contributed by atoms with E-state index in [1.165, 1.54) is 12.1 Å². The van der Waals surface area contributed by atoms with Crippen LogP contribution in [-0.2, 0) is 0 Å². The van der Waals surface area contributed by atoms with Crippen molar-refractivity contribution in [3.63, 3.8) is 0 Å². The molecule has 0 aliphatic carbocycles. The molecule has 0 unspecified atom stereocenters. The van der Waals surface area contributed by atoms with E-state index in [0.29, 0.717) is 22.5 Å². The van der Waals surface area contributed by atoms with Crippen LogP contribution in [0.2, 0.25) is 0 Å². The van der Waals surface area contributed by atoms with Gasteiger partial charge >= 0.3 is 0 Å². The molecule has 0 radical (unpaired) electrons. The fraction of sp³-hybridized carbons (Fsp3) is 0.500. The van der Waals surface area contributed by atoms with Gasteiger partial charge in [0.25, 0.3) is 11.6 Å². The van der Waals surface area contributed by atoms with Crippen LogP contribution in [0.15, 0.2) is 22.7 Å². The van der Waals surface area contributed by atoms with Crippen molar-refractivity contribution in [1.82, 2.24) is 10.2 Å². The first kappa shape index (κ1) is 15.9. The first-order chi connectivity index (χ1) is 9.97. The maximum Gasteiger partial charge on any atom is 0.284 e. The molecular weight excluding hydrogens is 338 g/mol. The highest BCUT2D eigenvalue weighted by atomic mass is 79.9. The van der Waals surface area contributed by atoms with Crippen LogP contribution in [0.4, 0.5) is 5.69 Å². The second-order valence-corrected chi connectivity index (χ2v) is 6.23. The number of nitrogens with zero attached hydrogens (tertiary/aromatic N) is 2. The van der Waals surface area contributed by atoms with Crippen LogP contribution in [0.1, 0.15) is 23.2 Å². The lowest BCUT2D eigenvalue weighted by atomic mass is 9.97. The zero-order valence-corrected chi connectivity index (χ0v) is 13.4. The third kappa shape index (κ3) is 4.25. The molecule has 0 atom stereocenters. The van der Waals surface area contributed by atoms with E-state index in [4.69, 9.17) is 0 Å². The highest BCUT2D eigenvalue weighted by Crippen LogP contribution is 2.25. The molecule has 1 N–H and O–H groups in total. The average Bonchev–Trinajstić information content (AvgIpc) is 2.46. The number of piperidine rings is 1. The largest absolute Gasteiger partial charge is 0.352 e. The second-order valence-electron chi connectivity index (χ2n) is 5.38.